The van der Waals surface area contributed by atoms with Gasteiger partial charge in [0, 0.05) is 0 Å². The minimum atomic E-state index is -0.615. The second kappa shape index (κ2) is 4.99. The third-order valence-corrected chi connectivity index (χ3v) is 5.72. The zero-order valence-electron chi connectivity index (χ0n) is 12.0. The maximum atomic E-state index is 11.8. The molecule has 0 aromatic heterocycles. The Hall–Kier alpha value is -0.530. The second-order valence-electron chi connectivity index (χ2n) is 6.52. The lowest BCUT2D eigenvalue weighted by atomic mass is 9.52. The Labute approximate surface area is 106 Å². The molecule has 3 unspecified atom stereocenters. The zero-order chi connectivity index (χ0) is 13.3. The molecule has 0 saturated heterocycles. The molecular weight excluding hydrogens is 212 g/mol. The van der Waals surface area contributed by atoms with Crippen LogP contribution >= 0.6 is 0 Å². The summed E-state index contributed by atoms with van der Waals surface area (Å²) < 4.78 is 0. The first-order chi connectivity index (χ1) is 7.78. The van der Waals surface area contributed by atoms with Gasteiger partial charge in [0.2, 0.25) is 0 Å². The molecule has 17 heavy (non-hydrogen) atoms. The normalized spacial score (nSPS) is 38.2. The number of aliphatic carboxylic acids is 1. The first kappa shape index (κ1) is 14.5. The van der Waals surface area contributed by atoms with Gasteiger partial charge >= 0.3 is 5.97 Å². The lowest BCUT2D eigenvalue weighted by molar-refractivity contribution is -0.166. The van der Waals surface area contributed by atoms with Gasteiger partial charge in [-0.25, -0.2) is 0 Å². The van der Waals surface area contributed by atoms with E-state index in [0.29, 0.717) is 5.92 Å². The number of hydrogen-bond donors (Lipinski definition) is 1. The minimum absolute atomic E-state index is 0.132. The summed E-state index contributed by atoms with van der Waals surface area (Å²) in [5, 5.41) is 9.73. The van der Waals surface area contributed by atoms with Gasteiger partial charge < -0.3 is 5.11 Å². The average Bonchev–Trinajstić information content (AvgIpc) is 2.25. The molecule has 0 radical (unpaired) electrons. The highest BCUT2D eigenvalue weighted by Gasteiger charge is 2.54. The van der Waals surface area contributed by atoms with Gasteiger partial charge in [0.05, 0.1) is 5.41 Å². The van der Waals surface area contributed by atoms with Crippen molar-refractivity contribution in [2.45, 2.75) is 66.7 Å². The monoisotopic (exact) mass is 240 g/mol. The van der Waals surface area contributed by atoms with Crippen LogP contribution in [0.5, 0.6) is 0 Å². The standard InChI is InChI=1S/C15H28O2/c1-6-12-10-8-7-9-11(2)15(5,13(16)17)14(12,3)4/h11-12H,6-10H2,1-5H3,(H,16,17). The number of carbonyl (C=O) groups is 1. The van der Waals surface area contributed by atoms with Crippen LogP contribution in [0.15, 0.2) is 0 Å². The fourth-order valence-corrected chi connectivity index (χ4v) is 3.75. The van der Waals surface area contributed by atoms with Gasteiger partial charge in [-0.2, -0.15) is 0 Å². The van der Waals surface area contributed by atoms with Crippen LogP contribution < -0.4 is 0 Å². The second-order valence-corrected chi connectivity index (χ2v) is 6.52. The number of carboxylic acid groups (broad SMARTS) is 1. The van der Waals surface area contributed by atoms with Crippen molar-refractivity contribution in [3.8, 4) is 0 Å². The molecule has 0 aromatic rings. The van der Waals surface area contributed by atoms with Crippen LogP contribution in [0.4, 0.5) is 0 Å². The Kier molecular flexibility index (Phi) is 4.27. The molecule has 1 fully saturated rings. The van der Waals surface area contributed by atoms with Crippen LogP contribution in [0.2, 0.25) is 0 Å². The van der Waals surface area contributed by atoms with E-state index in [-0.39, 0.29) is 11.3 Å². The molecule has 0 spiro atoms. The van der Waals surface area contributed by atoms with E-state index in [4.69, 9.17) is 0 Å². The van der Waals surface area contributed by atoms with E-state index in [1.54, 1.807) is 0 Å². The Morgan fingerprint density at radius 2 is 1.76 bits per heavy atom. The van der Waals surface area contributed by atoms with Crippen molar-refractivity contribution in [2.75, 3.05) is 0 Å². The first-order valence-electron chi connectivity index (χ1n) is 7.01. The number of hydrogen-bond acceptors (Lipinski definition) is 1. The van der Waals surface area contributed by atoms with Crippen molar-refractivity contribution in [3.05, 3.63) is 0 Å². The van der Waals surface area contributed by atoms with Gasteiger partial charge in [-0.05, 0) is 37.0 Å². The van der Waals surface area contributed by atoms with Gasteiger partial charge in [0.15, 0.2) is 0 Å². The molecule has 0 aromatic carbocycles. The Morgan fingerprint density at radius 1 is 1.24 bits per heavy atom. The summed E-state index contributed by atoms with van der Waals surface area (Å²) in [5.74, 6) is 0.158. The molecule has 1 N–H and O–H groups in total. The predicted molar refractivity (Wildman–Crippen MR) is 70.9 cm³/mol. The van der Waals surface area contributed by atoms with Gasteiger partial charge in [0.1, 0.15) is 0 Å². The van der Waals surface area contributed by atoms with Crippen molar-refractivity contribution in [1.82, 2.24) is 0 Å². The molecule has 2 nitrogen and oxygen atoms in total. The summed E-state index contributed by atoms with van der Waals surface area (Å²) in [7, 11) is 0. The highest BCUT2D eigenvalue weighted by molar-refractivity contribution is 5.75. The van der Waals surface area contributed by atoms with E-state index < -0.39 is 11.4 Å². The lowest BCUT2D eigenvalue weighted by Crippen LogP contribution is -2.51. The molecule has 1 aliphatic carbocycles. The van der Waals surface area contributed by atoms with Crippen molar-refractivity contribution in [3.63, 3.8) is 0 Å². The largest absolute Gasteiger partial charge is 0.481 e. The summed E-state index contributed by atoms with van der Waals surface area (Å²) in [4.78, 5) is 11.8. The van der Waals surface area contributed by atoms with E-state index in [1.165, 1.54) is 19.3 Å². The van der Waals surface area contributed by atoms with Crippen LogP contribution in [0.1, 0.15) is 66.7 Å². The van der Waals surface area contributed by atoms with Crippen molar-refractivity contribution in [1.29, 1.82) is 0 Å². The SMILES string of the molecule is CCC1CCCCC(C)C(C)(C(=O)O)C1(C)C. The predicted octanol–water partition coefficient (Wildman–Crippen LogP) is 4.34. The van der Waals surface area contributed by atoms with Crippen molar-refractivity contribution in [2.24, 2.45) is 22.7 Å². The molecule has 1 aliphatic rings. The molecule has 0 aliphatic heterocycles. The quantitative estimate of drug-likeness (QED) is 0.779. The highest BCUT2D eigenvalue weighted by atomic mass is 16.4. The third-order valence-electron chi connectivity index (χ3n) is 5.72. The summed E-state index contributed by atoms with van der Waals surface area (Å²) in [5.41, 5.74) is -0.735. The molecule has 100 valence electrons. The smallest absolute Gasteiger partial charge is 0.310 e. The van der Waals surface area contributed by atoms with E-state index in [1.807, 2.05) is 6.92 Å². The van der Waals surface area contributed by atoms with Gasteiger partial charge in [-0.3, -0.25) is 4.79 Å². The van der Waals surface area contributed by atoms with Crippen molar-refractivity contribution < 1.29 is 9.90 Å². The molecular formula is C15H28O2. The van der Waals surface area contributed by atoms with E-state index in [2.05, 4.69) is 27.7 Å². The Morgan fingerprint density at radius 3 is 2.24 bits per heavy atom. The van der Waals surface area contributed by atoms with Crippen LogP contribution in [-0.2, 0) is 4.79 Å². The Balaban J connectivity index is 3.20. The summed E-state index contributed by atoms with van der Waals surface area (Å²) in [6.45, 7) is 10.6. The van der Waals surface area contributed by atoms with Gasteiger partial charge in [-0.15, -0.1) is 0 Å². The molecule has 0 bridgehead atoms. The maximum absolute atomic E-state index is 11.8. The topological polar surface area (TPSA) is 37.3 Å². The highest BCUT2D eigenvalue weighted by Crippen LogP contribution is 2.54. The van der Waals surface area contributed by atoms with Crippen LogP contribution in [0.3, 0.4) is 0 Å². The maximum Gasteiger partial charge on any atom is 0.310 e. The van der Waals surface area contributed by atoms with E-state index in [9.17, 15) is 9.90 Å². The van der Waals surface area contributed by atoms with Crippen molar-refractivity contribution >= 4 is 5.97 Å². The average molecular weight is 240 g/mol. The molecule has 0 amide bonds. The van der Waals surface area contributed by atoms with E-state index >= 15 is 0 Å². The van der Waals surface area contributed by atoms with Crippen LogP contribution in [0.25, 0.3) is 0 Å². The summed E-state index contributed by atoms with van der Waals surface area (Å²) >= 11 is 0. The lowest BCUT2D eigenvalue weighted by Gasteiger charge is -2.51. The van der Waals surface area contributed by atoms with Crippen LogP contribution in [-0.4, -0.2) is 11.1 Å². The number of rotatable bonds is 2. The summed E-state index contributed by atoms with van der Waals surface area (Å²) in [6.07, 6.45) is 5.74. The molecule has 0 heterocycles. The zero-order valence-corrected chi connectivity index (χ0v) is 12.0. The Bertz CT molecular complexity index is 283. The summed E-state index contributed by atoms with van der Waals surface area (Å²) in [6, 6.07) is 0. The minimum Gasteiger partial charge on any atom is -0.481 e. The first-order valence-corrected chi connectivity index (χ1v) is 7.01. The fourth-order valence-electron chi connectivity index (χ4n) is 3.75. The third kappa shape index (κ3) is 2.23. The van der Waals surface area contributed by atoms with Crippen LogP contribution in [0, 0.1) is 22.7 Å². The molecule has 2 heteroatoms. The molecule has 1 rings (SSSR count). The fraction of sp³-hybridized carbons (Fsp3) is 0.933. The number of carboxylic acids is 1. The van der Waals surface area contributed by atoms with Gasteiger partial charge in [-0.1, -0.05) is 47.0 Å². The molecule has 1 saturated carbocycles. The molecule has 3 atom stereocenters. The van der Waals surface area contributed by atoms with Gasteiger partial charge in [0.25, 0.3) is 0 Å². The van der Waals surface area contributed by atoms with E-state index in [0.717, 1.165) is 12.8 Å².